The number of hydrogen-bond acceptors (Lipinski definition) is 7. The van der Waals surface area contributed by atoms with Crippen LogP contribution in [-0.4, -0.2) is 90.1 Å². The van der Waals surface area contributed by atoms with Crippen molar-refractivity contribution in [3.8, 4) is 0 Å². The zero-order chi connectivity index (χ0) is 37.1. The van der Waals surface area contributed by atoms with E-state index in [-0.39, 0.29) is 34.8 Å². The Morgan fingerprint density at radius 1 is 0.880 bits per heavy atom. The van der Waals surface area contributed by atoms with Gasteiger partial charge < -0.3 is 26.2 Å². The van der Waals surface area contributed by atoms with E-state index in [1.54, 1.807) is 25.7 Å². The summed E-state index contributed by atoms with van der Waals surface area (Å²) in [7, 11) is -3.55. The predicted octanol–water partition coefficient (Wildman–Crippen LogP) is 4.01. The third-order valence-electron chi connectivity index (χ3n) is 12.0. The maximum atomic E-state index is 14.7. The molecule has 1 saturated heterocycles. The van der Waals surface area contributed by atoms with Gasteiger partial charge in [-0.1, -0.05) is 72.6 Å². The van der Waals surface area contributed by atoms with Gasteiger partial charge in [0.25, 0.3) is 5.91 Å². The van der Waals surface area contributed by atoms with Crippen LogP contribution in [0.25, 0.3) is 0 Å². The average Bonchev–Trinajstić information content (AvgIpc) is 3.36. The molecule has 5 amide bonds. The number of ketones is 1. The Morgan fingerprint density at radius 3 is 2.08 bits per heavy atom. The van der Waals surface area contributed by atoms with Crippen LogP contribution in [0.1, 0.15) is 132 Å². The van der Waals surface area contributed by atoms with Crippen molar-refractivity contribution in [1.82, 2.24) is 26.2 Å². The lowest BCUT2D eigenvalue weighted by Gasteiger charge is -2.41. The van der Waals surface area contributed by atoms with E-state index in [2.05, 4.69) is 35.1 Å². The number of sulfone groups is 1. The molecular weight excluding hydrogens is 659 g/mol. The molecule has 4 N–H and O–H groups in total. The lowest BCUT2D eigenvalue weighted by atomic mass is 9.82. The number of urea groups is 1. The number of carbonyl (C=O) groups excluding carboxylic acids is 5. The molecule has 4 fully saturated rings. The maximum Gasteiger partial charge on any atom is 0.315 e. The molecule has 284 valence electrons. The summed E-state index contributed by atoms with van der Waals surface area (Å²) >= 11 is 0. The molecular formula is C37H63N5O7S. The quantitative estimate of drug-likeness (QED) is 0.196. The standard InChI is InChI=1S/C37H63N5O7S/c1-8-16-26(30(43)32(45)38-21-9-2)39-31(44)29-27-25(36(27,6)7)22-42(29)33(46)28(24-17-12-10-13-18-24)40-34(47)41-37(19-14-11-15-20-37)23-50(48,49)35(3,4)5/h24-29H,8-23H2,1-7H3,(H,38,45)(H,39,44)(H2,40,41,47)/t25?,26?,27?,28-,29?/m0/s1. The first-order valence-electron chi connectivity index (χ1n) is 19.1. The first-order valence-corrected chi connectivity index (χ1v) is 20.8. The number of piperidine rings is 1. The minimum absolute atomic E-state index is 0.0873. The van der Waals surface area contributed by atoms with Gasteiger partial charge in [0.05, 0.1) is 22.1 Å². The van der Waals surface area contributed by atoms with Crippen LogP contribution in [0.15, 0.2) is 0 Å². The number of nitrogens with zero attached hydrogens (tertiary/aromatic N) is 1. The van der Waals surface area contributed by atoms with E-state index in [4.69, 9.17) is 0 Å². The van der Waals surface area contributed by atoms with Gasteiger partial charge in [0, 0.05) is 13.1 Å². The van der Waals surface area contributed by atoms with Crippen LogP contribution in [0.4, 0.5) is 4.79 Å². The largest absolute Gasteiger partial charge is 0.349 e. The van der Waals surface area contributed by atoms with Gasteiger partial charge in [0.15, 0.2) is 9.84 Å². The Bertz CT molecular complexity index is 1380. The third-order valence-corrected chi connectivity index (χ3v) is 14.8. The van der Waals surface area contributed by atoms with Gasteiger partial charge in [-0.3, -0.25) is 19.2 Å². The fourth-order valence-corrected chi connectivity index (χ4v) is 10.2. The zero-order valence-electron chi connectivity index (χ0n) is 31.5. The molecule has 4 aliphatic rings. The van der Waals surface area contributed by atoms with Gasteiger partial charge in [-0.15, -0.1) is 0 Å². The number of hydrogen-bond donors (Lipinski definition) is 4. The summed E-state index contributed by atoms with van der Waals surface area (Å²) in [5.41, 5.74) is -1.11. The second-order valence-corrected chi connectivity index (χ2v) is 19.8. The Kier molecular flexibility index (Phi) is 12.7. The van der Waals surface area contributed by atoms with E-state index < -0.39 is 61.9 Å². The number of amides is 5. The van der Waals surface area contributed by atoms with E-state index in [0.29, 0.717) is 45.2 Å². The maximum absolute atomic E-state index is 14.7. The molecule has 13 heteroatoms. The smallest absolute Gasteiger partial charge is 0.315 e. The fraction of sp³-hybridized carbons (Fsp3) is 0.865. The highest BCUT2D eigenvalue weighted by Crippen LogP contribution is 2.65. The van der Waals surface area contributed by atoms with Crippen LogP contribution in [0.2, 0.25) is 0 Å². The van der Waals surface area contributed by atoms with Crippen LogP contribution in [-0.2, 0) is 29.0 Å². The Morgan fingerprint density at radius 2 is 1.50 bits per heavy atom. The highest BCUT2D eigenvalue weighted by Gasteiger charge is 2.69. The summed E-state index contributed by atoms with van der Waals surface area (Å²) in [6, 6.07) is -3.29. The van der Waals surface area contributed by atoms with E-state index in [0.717, 1.165) is 51.4 Å². The van der Waals surface area contributed by atoms with Crippen molar-refractivity contribution < 1.29 is 32.4 Å². The van der Waals surface area contributed by atoms with E-state index in [1.165, 1.54) is 0 Å². The van der Waals surface area contributed by atoms with Crippen LogP contribution >= 0.6 is 0 Å². The normalized spacial score (nSPS) is 25.8. The molecule has 0 bridgehead atoms. The number of carbonyl (C=O) groups is 5. The lowest BCUT2D eigenvalue weighted by Crippen LogP contribution is -2.63. The molecule has 3 saturated carbocycles. The Labute approximate surface area is 299 Å². The Hall–Kier alpha value is -2.70. The number of fused-ring (bicyclic) bond motifs is 1. The third kappa shape index (κ3) is 8.84. The molecule has 4 unspecified atom stereocenters. The van der Waals surface area contributed by atoms with Crippen molar-refractivity contribution in [3.05, 3.63) is 0 Å². The fourth-order valence-electron chi connectivity index (χ4n) is 8.67. The molecule has 0 radical (unpaired) electrons. The number of rotatable bonds is 14. The van der Waals surface area contributed by atoms with Crippen molar-refractivity contribution in [3.63, 3.8) is 0 Å². The molecule has 0 aromatic rings. The van der Waals surface area contributed by atoms with Crippen LogP contribution in [0, 0.1) is 23.2 Å². The van der Waals surface area contributed by atoms with Crippen molar-refractivity contribution in [2.75, 3.05) is 18.8 Å². The molecule has 1 heterocycles. The first-order chi connectivity index (χ1) is 23.4. The van der Waals surface area contributed by atoms with Crippen molar-refractivity contribution >= 4 is 39.4 Å². The van der Waals surface area contributed by atoms with E-state index in [9.17, 15) is 32.4 Å². The molecule has 5 atom stereocenters. The van der Waals surface area contributed by atoms with Gasteiger partial charge in [-0.25, -0.2) is 13.2 Å². The highest BCUT2D eigenvalue weighted by molar-refractivity contribution is 7.92. The molecule has 0 spiro atoms. The summed E-state index contributed by atoms with van der Waals surface area (Å²) in [5, 5.41) is 11.5. The number of likely N-dealkylation sites (tertiary alicyclic amines) is 1. The summed E-state index contributed by atoms with van der Waals surface area (Å²) in [6.07, 6.45) is 9.59. The molecule has 3 aliphatic carbocycles. The van der Waals surface area contributed by atoms with E-state index >= 15 is 0 Å². The zero-order valence-corrected chi connectivity index (χ0v) is 32.3. The minimum atomic E-state index is -3.55. The van der Waals surface area contributed by atoms with Crippen molar-refractivity contribution in [2.24, 2.45) is 23.2 Å². The molecule has 1 aliphatic heterocycles. The van der Waals surface area contributed by atoms with Gasteiger partial charge in [0.2, 0.25) is 17.6 Å². The number of Topliss-reactive ketones (excluding diaryl/α,β-unsaturated/α-hetero) is 1. The number of nitrogens with one attached hydrogen (secondary N) is 4. The Balaban J connectivity index is 1.57. The predicted molar refractivity (Wildman–Crippen MR) is 193 cm³/mol. The van der Waals surface area contributed by atoms with E-state index in [1.807, 2.05) is 13.8 Å². The summed E-state index contributed by atoms with van der Waals surface area (Å²) in [6.45, 7) is 13.7. The van der Waals surface area contributed by atoms with Crippen molar-refractivity contribution in [2.45, 2.75) is 160 Å². The summed E-state index contributed by atoms with van der Waals surface area (Å²) < 4.78 is 25.8. The van der Waals surface area contributed by atoms with Crippen LogP contribution in [0.3, 0.4) is 0 Å². The summed E-state index contributed by atoms with van der Waals surface area (Å²) in [5.74, 6) is -2.53. The lowest BCUT2D eigenvalue weighted by molar-refractivity contribution is -0.144. The van der Waals surface area contributed by atoms with Crippen LogP contribution < -0.4 is 21.3 Å². The SMILES string of the molecule is CCCNC(=O)C(=O)C(CCC)NC(=O)C1C2C(CN1C(=O)[C@@H](NC(=O)NC1(CS(=O)(=O)C(C)(C)C)CCCCC1)C1CCCCC1)C2(C)C. The molecule has 0 aromatic carbocycles. The average molecular weight is 722 g/mol. The minimum Gasteiger partial charge on any atom is -0.349 e. The summed E-state index contributed by atoms with van der Waals surface area (Å²) in [4.78, 5) is 69.9. The highest BCUT2D eigenvalue weighted by atomic mass is 32.2. The van der Waals surface area contributed by atoms with Crippen molar-refractivity contribution in [1.29, 1.82) is 0 Å². The van der Waals surface area contributed by atoms with Gasteiger partial charge in [-0.05, 0) is 82.5 Å². The molecule has 4 rings (SSSR count). The molecule has 0 aromatic heterocycles. The molecule has 50 heavy (non-hydrogen) atoms. The van der Waals surface area contributed by atoms with Gasteiger partial charge >= 0.3 is 6.03 Å². The first kappa shape index (κ1) is 40.1. The van der Waals surface area contributed by atoms with Gasteiger partial charge in [-0.2, -0.15) is 0 Å². The molecule has 12 nitrogen and oxygen atoms in total. The van der Waals surface area contributed by atoms with Crippen LogP contribution in [0.5, 0.6) is 0 Å². The monoisotopic (exact) mass is 721 g/mol. The van der Waals surface area contributed by atoms with Gasteiger partial charge in [0.1, 0.15) is 12.1 Å². The topological polar surface area (TPSA) is 171 Å². The second-order valence-electron chi connectivity index (χ2n) is 17.0. The second kappa shape index (κ2) is 15.9.